The molecule has 1 N–H and O–H groups in total. The fourth-order valence-electron chi connectivity index (χ4n) is 2.34. The van der Waals surface area contributed by atoms with Gasteiger partial charge in [-0.25, -0.2) is 0 Å². The number of aromatic nitrogens is 2. The molecular weight excluding hydrogens is 254 g/mol. The van der Waals surface area contributed by atoms with Crippen LogP contribution in [-0.4, -0.2) is 28.7 Å². The first kappa shape index (κ1) is 12.7. The number of hydrogen-bond acceptors (Lipinski definition) is 4. The molecule has 20 heavy (non-hydrogen) atoms. The number of aryl methyl sites for hydroxylation is 1. The molecule has 0 spiro atoms. The van der Waals surface area contributed by atoms with E-state index in [4.69, 9.17) is 4.74 Å². The zero-order chi connectivity index (χ0) is 13.9. The molecule has 2 aromatic rings. The normalized spacial score (nSPS) is 13.2. The van der Waals surface area contributed by atoms with Crippen LogP contribution in [0.25, 0.3) is 0 Å². The molecule has 5 heteroatoms. The van der Waals surface area contributed by atoms with E-state index in [0.717, 1.165) is 24.3 Å². The van der Waals surface area contributed by atoms with E-state index in [1.165, 1.54) is 0 Å². The van der Waals surface area contributed by atoms with Crippen LogP contribution in [-0.2, 0) is 13.0 Å². The molecule has 0 aliphatic carbocycles. The summed E-state index contributed by atoms with van der Waals surface area (Å²) in [5, 5.41) is 7.43. The molecule has 0 atom stereocenters. The number of fused-ring (bicyclic) bond motifs is 1. The second kappa shape index (κ2) is 5.36. The van der Waals surface area contributed by atoms with Crippen LogP contribution >= 0.6 is 0 Å². The minimum atomic E-state index is 0.0567. The lowest BCUT2D eigenvalue weighted by molar-refractivity contribution is 0.0989. The van der Waals surface area contributed by atoms with E-state index in [-0.39, 0.29) is 5.78 Å². The summed E-state index contributed by atoms with van der Waals surface area (Å²) in [6.07, 6.45) is 4.00. The summed E-state index contributed by atoms with van der Waals surface area (Å²) in [6.45, 7) is 4.19. The predicted molar refractivity (Wildman–Crippen MR) is 76.4 cm³/mol. The SMILES string of the molecule is CCn1cc(CC(=O)c2cccc3c2OCCN3)cn1. The number of carbonyl (C=O) groups excluding carboxylic acids is 1. The van der Waals surface area contributed by atoms with Crippen molar-refractivity contribution < 1.29 is 9.53 Å². The standard InChI is InChI=1S/C15H17N3O2/c1-2-18-10-11(9-17-18)8-14(19)12-4-3-5-13-15(12)20-7-6-16-13/h3-5,9-10,16H,2,6-8H2,1H3. The number of rotatable bonds is 4. The molecule has 3 rings (SSSR count). The highest BCUT2D eigenvalue weighted by molar-refractivity contribution is 6.01. The van der Waals surface area contributed by atoms with Crippen molar-refractivity contribution >= 4 is 11.5 Å². The monoisotopic (exact) mass is 271 g/mol. The second-order valence-corrected chi connectivity index (χ2v) is 4.76. The van der Waals surface area contributed by atoms with Gasteiger partial charge in [-0.15, -0.1) is 0 Å². The molecule has 0 bridgehead atoms. The van der Waals surface area contributed by atoms with Gasteiger partial charge in [-0.2, -0.15) is 5.10 Å². The summed E-state index contributed by atoms with van der Waals surface area (Å²) < 4.78 is 7.46. The van der Waals surface area contributed by atoms with Gasteiger partial charge >= 0.3 is 0 Å². The maximum atomic E-state index is 12.4. The Kier molecular flexibility index (Phi) is 3.41. The van der Waals surface area contributed by atoms with Crippen LogP contribution in [0.5, 0.6) is 5.75 Å². The summed E-state index contributed by atoms with van der Waals surface area (Å²) >= 11 is 0. The summed E-state index contributed by atoms with van der Waals surface area (Å²) in [7, 11) is 0. The van der Waals surface area contributed by atoms with Gasteiger partial charge in [-0.05, 0) is 24.6 Å². The molecule has 0 unspecified atom stereocenters. The Balaban J connectivity index is 1.83. The average molecular weight is 271 g/mol. The first-order valence-electron chi connectivity index (χ1n) is 6.82. The zero-order valence-corrected chi connectivity index (χ0v) is 11.4. The molecule has 1 aromatic carbocycles. The van der Waals surface area contributed by atoms with Gasteiger partial charge in [0.05, 0.1) is 17.4 Å². The highest BCUT2D eigenvalue weighted by atomic mass is 16.5. The van der Waals surface area contributed by atoms with E-state index in [2.05, 4.69) is 10.4 Å². The van der Waals surface area contributed by atoms with Crippen LogP contribution in [0.1, 0.15) is 22.8 Å². The molecule has 0 fully saturated rings. The van der Waals surface area contributed by atoms with Crippen LogP contribution < -0.4 is 10.1 Å². The van der Waals surface area contributed by atoms with Gasteiger partial charge in [0.25, 0.3) is 0 Å². The second-order valence-electron chi connectivity index (χ2n) is 4.76. The summed E-state index contributed by atoms with van der Waals surface area (Å²) in [6, 6.07) is 5.63. The Morgan fingerprint density at radius 2 is 2.40 bits per heavy atom. The number of para-hydroxylation sites is 1. The Morgan fingerprint density at radius 3 is 3.20 bits per heavy atom. The molecule has 2 heterocycles. The third-order valence-corrected chi connectivity index (χ3v) is 3.35. The Morgan fingerprint density at radius 1 is 1.50 bits per heavy atom. The smallest absolute Gasteiger partial charge is 0.171 e. The van der Waals surface area contributed by atoms with Crippen LogP contribution in [0.3, 0.4) is 0 Å². The molecule has 0 saturated carbocycles. The minimum Gasteiger partial charge on any atom is -0.489 e. The lowest BCUT2D eigenvalue weighted by Gasteiger charge is -2.21. The molecule has 1 aromatic heterocycles. The maximum Gasteiger partial charge on any atom is 0.171 e. The molecule has 1 aliphatic heterocycles. The van der Waals surface area contributed by atoms with Crippen molar-refractivity contribution in [1.29, 1.82) is 0 Å². The number of ketones is 1. The van der Waals surface area contributed by atoms with Gasteiger partial charge in [-0.1, -0.05) is 6.07 Å². The molecule has 0 amide bonds. The van der Waals surface area contributed by atoms with Crippen molar-refractivity contribution in [3.63, 3.8) is 0 Å². The van der Waals surface area contributed by atoms with Crippen LogP contribution in [0.2, 0.25) is 0 Å². The number of nitrogens with zero attached hydrogens (tertiary/aromatic N) is 2. The third kappa shape index (κ3) is 2.39. The first-order valence-corrected chi connectivity index (χ1v) is 6.82. The van der Waals surface area contributed by atoms with Gasteiger partial charge in [-0.3, -0.25) is 9.48 Å². The first-order chi connectivity index (χ1) is 9.78. The van der Waals surface area contributed by atoms with Crippen LogP contribution in [0, 0.1) is 0 Å². The zero-order valence-electron chi connectivity index (χ0n) is 11.4. The lowest BCUT2D eigenvalue weighted by Crippen LogP contribution is -2.20. The van der Waals surface area contributed by atoms with Crippen molar-refractivity contribution in [2.75, 3.05) is 18.5 Å². The van der Waals surface area contributed by atoms with Gasteiger partial charge < -0.3 is 10.1 Å². The number of hydrogen-bond donors (Lipinski definition) is 1. The number of benzene rings is 1. The number of anilines is 1. The molecule has 0 saturated heterocycles. The third-order valence-electron chi connectivity index (χ3n) is 3.35. The topological polar surface area (TPSA) is 56.1 Å². The van der Waals surface area contributed by atoms with Gasteiger partial charge in [0.1, 0.15) is 6.61 Å². The van der Waals surface area contributed by atoms with E-state index in [1.807, 2.05) is 36.0 Å². The Labute approximate surface area is 117 Å². The van der Waals surface area contributed by atoms with Gasteiger partial charge in [0, 0.05) is 25.7 Å². The van der Waals surface area contributed by atoms with Crippen molar-refractivity contribution in [3.05, 3.63) is 41.7 Å². The number of carbonyl (C=O) groups is 1. The van der Waals surface area contributed by atoms with Crippen molar-refractivity contribution in [2.24, 2.45) is 0 Å². The fraction of sp³-hybridized carbons (Fsp3) is 0.333. The predicted octanol–water partition coefficient (Wildman–Crippen LogP) is 2.13. The van der Waals surface area contributed by atoms with E-state index >= 15 is 0 Å². The van der Waals surface area contributed by atoms with Crippen LogP contribution in [0.15, 0.2) is 30.6 Å². The van der Waals surface area contributed by atoms with Crippen LogP contribution in [0.4, 0.5) is 5.69 Å². The van der Waals surface area contributed by atoms with E-state index < -0.39 is 0 Å². The number of nitrogens with one attached hydrogen (secondary N) is 1. The molecule has 104 valence electrons. The van der Waals surface area contributed by atoms with Gasteiger partial charge in [0.2, 0.25) is 0 Å². The summed E-state index contributed by atoms with van der Waals surface area (Å²) in [5.74, 6) is 0.729. The minimum absolute atomic E-state index is 0.0567. The number of ether oxygens (including phenoxy) is 1. The molecule has 0 radical (unpaired) electrons. The maximum absolute atomic E-state index is 12.4. The van der Waals surface area contributed by atoms with E-state index in [9.17, 15) is 4.79 Å². The summed E-state index contributed by atoms with van der Waals surface area (Å²) in [5.41, 5.74) is 2.46. The van der Waals surface area contributed by atoms with E-state index in [0.29, 0.717) is 24.3 Å². The highest BCUT2D eigenvalue weighted by Crippen LogP contribution is 2.31. The summed E-state index contributed by atoms with van der Waals surface area (Å²) in [4.78, 5) is 12.4. The molecule has 5 nitrogen and oxygen atoms in total. The van der Waals surface area contributed by atoms with Gasteiger partial charge in [0.15, 0.2) is 11.5 Å². The van der Waals surface area contributed by atoms with Crippen molar-refractivity contribution in [2.45, 2.75) is 19.9 Å². The average Bonchev–Trinajstić information content (AvgIpc) is 2.94. The molecular formula is C15H17N3O2. The Hall–Kier alpha value is -2.30. The van der Waals surface area contributed by atoms with E-state index in [1.54, 1.807) is 6.20 Å². The van der Waals surface area contributed by atoms with Crippen molar-refractivity contribution in [3.8, 4) is 5.75 Å². The lowest BCUT2D eigenvalue weighted by atomic mass is 10.0. The number of Topliss-reactive ketones (excluding diaryl/α,β-unsaturated/α-hetero) is 1. The Bertz CT molecular complexity index is 634. The quantitative estimate of drug-likeness (QED) is 0.866. The molecule has 1 aliphatic rings. The van der Waals surface area contributed by atoms with Crippen molar-refractivity contribution in [1.82, 2.24) is 9.78 Å². The fourth-order valence-corrected chi connectivity index (χ4v) is 2.34. The largest absolute Gasteiger partial charge is 0.489 e. The highest BCUT2D eigenvalue weighted by Gasteiger charge is 2.19.